The first kappa shape index (κ1) is 20.8. The molecular weight excluding hydrogens is 326 g/mol. The molecule has 1 aliphatic rings. The van der Waals surface area contributed by atoms with Crippen LogP contribution in [0.2, 0.25) is 0 Å². The first-order valence-corrected chi connectivity index (χ1v) is 11.3. The van der Waals surface area contributed by atoms with E-state index in [1.807, 2.05) is 0 Å². The molecule has 0 heterocycles. The van der Waals surface area contributed by atoms with Gasteiger partial charge in [0.05, 0.1) is 0 Å². The van der Waals surface area contributed by atoms with E-state index in [1.54, 1.807) is 11.1 Å². The standard InChI is InChI=1S/C22H37NOS/c1-17(2)10-12-25-16-18-6-7-20-14-21(9-8-19(20)13-18)22(15-23)5-3-4-11-24/h8-9,14,17-18,22,24H,3-7,10-13,15-16,23H2,1-2H3/t18-,22-/m0/s1. The summed E-state index contributed by atoms with van der Waals surface area (Å²) >= 11 is 2.15. The maximum Gasteiger partial charge on any atom is 0.0431 e. The number of hydrogen-bond acceptors (Lipinski definition) is 3. The molecule has 0 saturated carbocycles. The zero-order chi connectivity index (χ0) is 18.1. The maximum absolute atomic E-state index is 8.98. The third-order valence-corrected chi connectivity index (χ3v) is 6.70. The lowest BCUT2D eigenvalue weighted by Crippen LogP contribution is -2.18. The van der Waals surface area contributed by atoms with Gasteiger partial charge in [-0.2, -0.15) is 11.8 Å². The molecule has 1 aliphatic carbocycles. The number of unbranched alkanes of at least 4 members (excludes halogenated alkanes) is 1. The van der Waals surface area contributed by atoms with Gasteiger partial charge in [0.1, 0.15) is 0 Å². The molecule has 1 aromatic rings. The monoisotopic (exact) mass is 363 g/mol. The predicted octanol–water partition coefficient (Wildman–Crippen LogP) is 4.78. The van der Waals surface area contributed by atoms with E-state index in [-0.39, 0.29) is 6.61 Å². The maximum atomic E-state index is 8.98. The summed E-state index contributed by atoms with van der Waals surface area (Å²) in [5.74, 6) is 4.75. The molecule has 1 aromatic carbocycles. The molecule has 0 bridgehead atoms. The van der Waals surface area contributed by atoms with Gasteiger partial charge in [-0.25, -0.2) is 0 Å². The molecule has 0 saturated heterocycles. The normalized spacial score (nSPS) is 18.4. The highest BCUT2D eigenvalue weighted by molar-refractivity contribution is 7.99. The summed E-state index contributed by atoms with van der Waals surface area (Å²) in [6, 6.07) is 7.10. The number of fused-ring (bicyclic) bond motifs is 1. The van der Waals surface area contributed by atoms with Crippen LogP contribution in [0.4, 0.5) is 0 Å². The Bertz CT molecular complexity index is 503. The molecule has 0 amide bonds. The van der Waals surface area contributed by atoms with Crippen molar-refractivity contribution in [2.75, 3.05) is 24.7 Å². The van der Waals surface area contributed by atoms with E-state index < -0.39 is 0 Å². The molecule has 2 nitrogen and oxygen atoms in total. The van der Waals surface area contributed by atoms with Crippen molar-refractivity contribution in [1.82, 2.24) is 0 Å². The van der Waals surface area contributed by atoms with Crippen LogP contribution in [0.1, 0.15) is 68.6 Å². The molecule has 0 spiro atoms. The fraction of sp³-hybridized carbons (Fsp3) is 0.727. The molecule has 0 aromatic heterocycles. The van der Waals surface area contributed by atoms with Crippen molar-refractivity contribution in [2.24, 2.45) is 17.6 Å². The average Bonchev–Trinajstić information content (AvgIpc) is 2.62. The fourth-order valence-electron chi connectivity index (χ4n) is 3.74. The molecular formula is C22H37NOS. The van der Waals surface area contributed by atoms with Crippen molar-refractivity contribution in [3.63, 3.8) is 0 Å². The molecule has 0 aliphatic heterocycles. The zero-order valence-electron chi connectivity index (χ0n) is 16.2. The number of thioether (sulfide) groups is 1. The van der Waals surface area contributed by atoms with E-state index in [2.05, 4.69) is 43.8 Å². The first-order valence-electron chi connectivity index (χ1n) is 10.1. The van der Waals surface area contributed by atoms with Crippen LogP contribution in [0.3, 0.4) is 0 Å². The molecule has 2 rings (SSSR count). The van der Waals surface area contributed by atoms with Gasteiger partial charge in [-0.05, 0) is 91.0 Å². The summed E-state index contributed by atoms with van der Waals surface area (Å²) in [4.78, 5) is 0. The van der Waals surface area contributed by atoms with Gasteiger partial charge in [0.25, 0.3) is 0 Å². The van der Waals surface area contributed by atoms with Gasteiger partial charge >= 0.3 is 0 Å². The van der Waals surface area contributed by atoms with Crippen molar-refractivity contribution < 1.29 is 5.11 Å². The van der Waals surface area contributed by atoms with Gasteiger partial charge < -0.3 is 10.8 Å². The van der Waals surface area contributed by atoms with E-state index in [4.69, 9.17) is 10.8 Å². The number of aryl methyl sites for hydroxylation is 1. The molecule has 3 heteroatoms. The molecule has 0 fully saturated rings. The number of aliphatic hydroxyl groups excluding tert-OH is 1. The first-order chi connectivity index (χ1) is 12.1. The van der Waals surface area contributed by atoms with Gasteiger partial charge in [-0.1, -0.05) is 38.5 Å². The Morgan fingerprint density at radius 3 is 2.76 bits per heavy atom. The highest BCUT2D eigenvalue weighted by atomic mass is 32.2. The Hall–Kier alpha value is -0.510. The van der Waals surface area contributed by atoms with Crippen LogP contribution < -0.4 is 5.73 Å². The second-order valence-corrected chi connectivity index (χ2v) is 9.20. The van der Waals surface area contributed by atoms with Crippen LogP contribution in [0, 0.1) is 11.8 Å². The van der Waals surface area contributed by atoms with Gasteiger partial charge in [-0.15, -0.1) is 0 Å². The van der Waals surface area contributed by atoms with E-state index in [1.165, 1.54) is 42.8 Å². The summed E-state index contributed by atoms with van der Waals surface area (Å²) in [5, 5.41) is 8.98. The van der Waals surface area contributed by atoms with Gasteiger partial charge in [-0.3, -0.25) is 0 Å². The smallest absolute Gasteiger partial charge is 0.0431 e. The summed E-state index contributed by atoms with van der Waals surface area (Å²) in [6.45, 7) is 5.62. The quantitative estimate of drug-likeness (QED) is 0.556. The lowest BCUT2D eigenvalue weighted by atomic mass is 9.82. The minimum absolute atomic E-state index is 0.290. The van der Waals surface area contributed by atoms with Gasteiger partial charge in [0.2, 0.25) is 0 Å². The van der Waals surface area contributed by atoms with Crippen molar-refractivity contribution in [3.8, 4) is 0 Å². The largest absolute Gasteiger partial charge is 0.396 e. The summed E-state index contributed by atoms with van der Waals surface area (Å²) < 4.78 is 0. The number of rotatable bonds is 11. The Balaban J connectivity index is 1.87. The SMILES string of the molecule is CC(C)CCSC[C@H]1CCc2cc([C@H](CN)CCCCO)ccc2C1. The van der Waals surface area contributed by atoms with E-state index in [0.29, 0.717) is 12.5 Å². The van der Waals surface area contributed by atoms with Crippen molar-refractivity contribution >= 4 is 11.8 Å². The second kappa shape index (κ2) is 11.3. The van der Waals surface area contributed by atoms with Crippen LogP contribution in [0.5, 0.6) is 0 Å². The molecule has 3 N–H and O–H groups in total. The molecule has 2 atom stereocenters. The number of hydrogen-bond donors (Lipinski definition) is 2. The Morgan fingerprint density at radius 1 is 1.20 bits per heavy atom. The fourth-order valence-corrected chi connectivity index (χ4v) is 5.16. The number of aliphatic hydroxyl groups is 1. The number of nitrogens with two attached hydrogens (primary N) is 1. The van der Waals surface area contributed by atoms with Crippen molar-refractivity contribution in [2.45, 2.75) is 64.7 Å². The van der Waals surface area contributed by atoms with E-state index in [9.17, 15) is 0 Å². The third-order valence-electron chi connectivity index (χ3n) is 5.47. The summed E-state index contributed by atoms with van der Waals surface area (Å²) in [6.07, 6.45) is 8.19. The minimum atomic E-state index is 0.290. The summed E-state index contributed by atoms with van der Waals surface area (Å²) in [7, 11) is 0. The van der Waals surface area contributed by atoms with E-state index in [0.717, 1.165) is 31.1 Å². The highest BCUT2D eigenvalue weighted by Crippen LogP contribution is 2.31. The topological polar surface area (TPSA) is 46.2 Å². The van der Waals surface area contributed by atoms with Crippen LogP contribution in [0.15, 0.2) is 18.2 Å². The lowest BCUT2D eigenvalue weighted by molar-refractivity contribution is 0.281. The van der Waals surface area contributed by atoms with Crippen LogP contribution in [-0.2, 0) is 12.8 Å². The average molecular weight is 364 g/mol. The highest BCUT2D eigenvalue weighted by Gasteiger charge is 2.20. The zero-order valence-corrected chi connectivity index (χ0v) is 17.0. The molecule has 142 valence electrons. The molecule has 0 radical (unpaired) electrons. The minimum Gasteiger partial charge on any atom is -0.396 e. The summed E-state index contributed by atoms with van der Waals surface area (Å²) in [5.41, 5.74) is 10.5. The Kier molecular flexibility index (Phi) is 9.36. The van der Waals surface area contributed by atoms with E-state index >= 15 is 0 Å². The number of benzene rings is 1. The molecule has 25 heavy (non-hydrogen) atoms. The Labute approximate surface area is 159 Å². The molecule has 0 unspecified atom stereocenters. The van der Waals surface area contributed by atoms with Crippen LogP contribution >= 0.6 is 11.8 Å². The van der Waals surface area contributed by atoms with Gasteiger partial charge in [0.15, 0.2) is 0 Å². The van der Waals surface area contributed by atoms with Crippen molar-refractivity contribution in [3.05, 3.63) is 34.9 Å². The van der Waals surface area contributed by atoms with Crippen LogP contribution in [-0.4, -0.2) is 29.8 Å². The van der Waals surface area contributed by atoms with Gasteiger partial charge in [0, 0.05) is 6.61 Å². The predicted molar refractivity (Wildman–Crippen MR) is 111 cm³/mol. The second-order valence-electron chi connectivity index (χ2n) is 8.05. The Morgan fingerprint density at radius 2 is 2.04 bits per heavy atom. The third kappa shape index (κ3) is 6.96. The lowest BCUT2D eigenvalue weighted by Gasteiger charge is -2.26. The van der Waals surface area contributed by atoms with Crippen molar-refractivity contribution in [1.29, 1.82) is 0 Å². The van der Waals surface area contributed by atoms with Crippen LogP contribution in [0.25, 0.3) is 0 Å².